The number of pyridine rings is 2. The van der Waals surface area contributed by atoms with E-state index in [0.29, 0.717) is 35.3 Å². The highest BCUT2D eigenvalue weighted by atomic mass is 16.1. The molecule has 1 N–H and O–H groups in total. The molecule has 0 aliphatic carbocycles. The molecular weight excluding hydrogens is 418 g/mol. The third kappa shape index (κ3) is 4.11. The van der Waals surface area contributed by atoms with Crippen LogP contribution in [0.3, 0.4) is 0 Å². The van der Waals surface area contributed by atoms with Crippen molar-refractivity contribution in [3.63, 3.8) is 0 Å². The van der Waals surface area contributed by atoms with Crippen LogP contribution in [-0.2, 0) is 13.1 Å². The molecule has 0 fully saturated rings. The number of hydrogen-bond acceptors (Lipinski definition) is 6. The van der Waals surface area contributed by atoms with Gasteiger partial charge in [0.25, 0.3) is 11.5 Å². The Labute approximate surface area is 188 Å². The molecule has 0 aliphatic rings. The molecule has 0 aliphatic heterocycles. The fourth-order valence-electron chi connectivity index (χ4n) is 3.60. The first kappa shape index (κ1) is 20.3. The Hall–Kier alpha value is -4.66. The van der Waals surface area contributed by atoms with E-state index in [1.807, 2.05) is 36.4 Å². The molecular formula is C24H19N7O2. The molecule has 5 aromatic rings. The second-order valence-corrected chi connectivity index (χ2v) is 7.37. The summed E-state index contributed by atoms with van der Waals surface area (Å²) in [6.07, 6.45) is 12.1. The summed E-state index contributed by atoms with van der Waals surface area (Å²) in [6, 6.07) is 12.5. The predicted octanol–water partition coefficient (Wildman–Crippen LogP) is 2.48. The Balaban J connectivity index is 1.48. The maximum Gasteiger partial charge on any atom is 0.263 e. The van der Waals surface area contributed by atoms with Crippen molar-refractivity contribution in [2.45, 2.75) is 13.1 Å². The fraction of sp³-hybridized carbons (Fsp3) is 0.0833. The van der Waals surface area contributed by atoms with E-state index in [2.05, 4.69) is 25.5 Å². The number of carbonyl (C=O) groups is 1. The van der Waals surface area contributed by atoms with Gasteiger partial charge < -0.3 is 5.32 Å². The number of fused-ring (bicyclic) bond motifs is 3. The highest BCUT2D eigenvalue weighted by Gasteiger charge is 2.14. The first-order chi connectivity index (χ1) is 16.2. The number of carbonyl (C=O) groups excluding carboxylic acids is 1. The molecule has 5 rings (SSSR count). The lowest BCUT2D eigenvalue weighted by Crippen LogP contribution is -2.25. The maximum atomic E-state index is 13.3. The zero-order valence-corrected chi connectivity index (χ0v) is 17.5. The largest absolute Gasteiger partial charge is 0.348 e. The van der Waals surface area contributed by atoms with E-state index in [9.17, 15) is 9.59 Å². The summed E-state index contributed by atoms with van der Waals surface area (Å²) in [5, 5.41) is 11.4. The molecule has 0 spiro atoms. The summed E-state index contributed by atoms with van der Waals surface area (Å²) in [7, 11) is 0. The monoisotopic (exact) mass is 437 g/mol. The van der Waals surface area contributed by atoms with E-state index in [0.717, 1.165) is 11.1 Å². The molecule has 0 bridgehead atoms. The quantitative estimate of drug-likeness (QED) is 0.437. The number of amides is 1. The van der Waals surface area contributed by atoms with Crippen molar-refractivity contribution in [2.24, 2.45) is 0 Å². The second kappa shape index (κ2) is 8.83. The number of allylic oxidation sites excluding steroid dienone is 1. The van der Waals surface area contributed by atoms with Crippen LogP contribution >= 0.6 is 0 Å². The molecule has 162 valence electrons. The molecule has 9 heteroatoms. The predicted molar refractivity (Wildman–Crippen MR) is 123 cm³/mol. The van der Waals surface area contributed by atoms with Gasteiger partial charge in [-0.25, -0.2) is 0 Å². The van der Waals surface area contributed by atoms with Crippen LogP contribution in [-0.4, -0.2) is 35.0 Å². The van der Waals surface area contributed by atoms with E-state index in [1.54, 1.807) is 53.7 Å². The third-order valence-corrected chi connectivity index (χ3v) is 5.27. The van der Waals surface area contributed by atoms with Crippen LogP contribution in [0.2, 0.25) is 0 Å². The molecule has 4 heterocycles. The van der Waals surface area contributed by atoms with Gasteiger partial charge in [-0.2, -0.15) is 0 Å². The van der Waals surface area contributed by atoms with Crippen molar-refractivity contribution in [3.05, 3.63) is 107 Å². The van der Waals surface area contributed by atoms with Crippen LogP contribution in [0.25, 0.3) is 22.8 Å². The molecule has 0 atom stereocenters. The van der Waals surface area contributed by atoms with Gasteiger partial charge in [0.1, 0.15) is 6.33 Å². The Morgan fingerprint density at radius 3 is 2.55 bits per heavy atom. The van der Waals surface area contributed by atoms with Gasteiger partial charge in [0.15, 0.2) is 0 Å². The van der Waals surface area contributed by atoms with Crippen LogP contribution in [0, 0.1) is 0 Å². The summed E-state index contributed by atoms with van der Waals surface area (Å²) >= 11 is 0. The van der Waals surface area contributed by atoms with Crippen LogP contribution in [0.1, 0.15) is 21.5 Å². The first-order valence-electron chi connectivity index (χ1n) is 10.3. The molecule has 33 heavy (non-hydrogen) atoms. The molecule has 1 aromatic carbocycles. The van der Waals surface area contributed by atoms with Gasteiger partial charge in [0, 0.05) is 43.4 Å². The molecule has 0 saturated carbocycles. The number of rotatable bonds is 6. The summed E-state index contributed by atoms with van der Waals surface area (Å²) in [5.41, 5.74) is 2.71. The van der Waals surface area contributed by atoms with Gasteiger partial charge in [-0.05, 0) is 53.6 Å². The lowest BCUT2D eigenvalue weighted by Gasteiger charge is -2.10. The minimum Gasteiger partial charge on any atom is -0.348 e. The van der Waals surface area contributed by atoms with Gasteiger partial charge in [0.05, 0.1) is 10.9 Å². The van der Waals surface area contributed by atoms with Crippen molar-refractivity contribution >= 4 is 28.7 Å². The highest BCUT2D eigenvalue weighted by molar-refractivity contribution is 5.98. The third-order valence-electron chi connectivity index (χ3n) is 5.27. The molecule has 4 aromatic heterocycles. The van der Waals surface area contributed by atoms with Crippen LogP contribution in [0.5, 0.6) is 0 Å². The highest BCUT2D eigenvalue weighted by Crippen LogP contribution is 2.15. The smallest absolute Gasteiger partial charge is 0.263 e. The molecule has 9 nitrogen and oxygen atoms in total. The standard InChI is InChI=1S/C24H19N7O2/c32-22(27-15-18-7-11-26-12-8-18)19-3-4-21-20(14-19)23(33)30(24-29-28-16-31(21)24)13-1-2-17-5-9-25-10-6-17/h1-12,14,16H,13,15H2,(H,27,32)/b2-1+. The summed E-state index contributed by atoms with van der Waals surface area (Å²) in [5.74, 6) is 0.169. The van der Waals surface area contributed by atoms with E-state index in [-0.39, 0.29) is 11.5 Å². The minimum absolute atomic E-state index is 0.242. The number of aromatic nitrogens is 6. The average Bonchev–Trinajstić information content (AvgIpc) is 3.35. The summed E-state index contributed by atoms with van der Waals surface area (Å²) < 4.78 is 3.28. The van der Waals surface area contributed by atoms with Gasteiger partial charge in [-0.15, -0.1) is 10.2 Å². The zero-order chi connectivity index (χ0) is 22.6. The maximum absolute atomic E-state index is 13.3. The van der Waals surface area contributed by atoms with Crippen LogP contribution in [0.4, 0.5) is 0 Å². The molecule has 1 amide bonds. The number of hydrogen-bond donors (Lipinski definition) is 1. The van der Waals surface area contributed by atoms with Crippen LogP contribution < -0.4 is 10.9 Å². The second-order valence-electron chi connectivity index (χ2n) is 7.37. The molecule has 0 unspecified atom stereocenters. The van der Waals surface area contributed by atoms with Crippen molar-refractivity contribution < 1.29 is 4.79 Å². The lowest BCUT2D eigenvalue weighted by atomic mass is 10.1. The minimum atomic E-state index is -0.263. The number of nitrogens with one attached hydrogen (secondary N) is 1. The average molecular weight is 437 g/mol. The lowest BCUT2D eigenvalue weighted by molar-refractivity contribution is 0.0951. The van der Waals surface area contributed by atoms with Crippen LogP contribution in [0.15, 0.2) is 84.4 Å². The topological polar surface area (TPSA) is 107 Å². The van der Waals surface area contributed by atoms with Crippen molar-refractivity contribution in [2.75, 3.05) is 0 Å². The van der Waals surface area contributed by atoms with E-state index >= 15 is 0 Å². The van der Waals surface area contributed by atoms with Gasteiger partial charge >= 0.3 is 0 Å². The normalized spacial score (nSPS) is 11.4. The fourth-order valence-corrected chi connectivity index (χ4v) is 3.60. The molecule has 0 saturated heterocycles. The Kier molecular flexibility index (Phi) is 5.42. The molecule has 0 radical (unpaired) electrons. The van der Waals surface area contributed by atoms with Crippen molar-refractivity contribution in [1.82, 2.24) is 34.4 Å². The number of nitrogens with zero attached hydrogens (tertiary/aromatic N) is 6. The summed E-state index contributed by atoms with van der Waals surface area (Å²) in [6.45, 7) is 0.672. The zero-order valence-electron chi connectivity index (χ0n) is 17.5. The Bertz CT molecular complexity index is 1520. The van der Waals surface area contributed by atoms with E-state index in [4.69, 9.17) is 0 Å². The Morgan fingerprint density at radius 1 is 1.00 bits per heavy atom. The SMILES string of the molecule is O=C(NCc1ccncc1)c1ccc2c(c1)c(=O)n(C/C=C/c1ccncc1)c1nncn21. The van der Waals surface area contributed by atoms with E-state index < -0.39 is 0 Å². The van der Waals surface area contributed by atoms with E-state index in [1.165, 1.54) is 4.57 Å². The van der Waals surface area contributed by atoms with Gasteiger partial charge in [-0.3, -0.25) is 28.5 Å². The van der Waals surface area contributed by atoms with Crippen molar-refractivity contribution in [3.8, 4) is 0 Å². The Morgan fingerprint density at radius 2 is 1.76 bits per heavy atom. The summed E-state index contributed by atoms with van der Waals surface area (Å²) in [4.78, 5) is 34.0. The van der Waals surface area contributed by atoms with Crippen molar-refractivity contribution in [1.29, 1.82) is 0 Å². The first-order valence-corrected chi connectivity index (χ1v) is 10.3. The van der Waals surface area contributed by atoms with Gasteiger partial charge in [-0.1, -0.05) is 12.2 Å². The van der Waals surface area contributed by atoms with Gasteiger partial charge in [0.2, 0.25) is 5.78 Å². The number of benzene rings is 1.